The summed E-state index contributed by atoms with van der Waals surface area (Å²) in [6.07, 6.45) is 4.63. The number of likely N-dealkylation sites (N-methyl/N-ethyl adjacent to an activating group) is 2. The Kier molecular flexibility index (Phi) is 11.2. The van der Waals surface area contributed by atoms with Gasteiger partial charge in [0.2, 0.25) is 5.75 Å². The van der Waals surface area contributed by atoms with Crippen molar-refractivity contribution >= 4 is 11.9 Å². The summed E-state index contributed by atoms with van der Waals surface area (Å²) in [5, 5.41) is 13.0. The first kappa shape index (κ1) is 39.0. The van der Waals surface area contributed by atoms with E-state index in [1.165, 1.54) is 6.92 Å². The predicted molar refractivity (Wildman–Crippen MR) is 209 cm³/mol. The summed E-state index contributed by atoms with van der Waals surface area (Å²) in [6, 6.07) is 18.7. The standard InChI is InChI=1S/C45H52N2O9/c1-8-9-10-35(45(49)50)47(4)20-18-30-24-38(52-6)40-26-33(30)36(47)22-28-11-14-32(15-12-28)55-39-23-29(13-16-37(39)51-5)21-34-42-31(17-19-46(34)3)25-41(53-7)43(44(42)56-40)54-27(2)48/h11-16,23-26,34-36H,8-10,17-22H2,1-7H3. The van der Waals surface area contributed by atoms with Crippen LogP contribution >= 0.6 is 0 Å². The van der Waals surface area contributed by atoms with Crippen LogP contribution in [0.4, 0.5) is 0 Å². The van der Waals surface area contributed by atoms with E-state index in [1.807, 2.05) is 60.7 Å². The molecular weight excluding hydrogens is 713 g/mol. The molecule has 296 valence electrons. The van der Waals surface area contributed by atoms with Gasteiger partial charge < -0.3 is 42.8 Å². The van der Waals surface area contributed by atoms with Gasteiger partial charge in [-0.1, -0.05) is 31.5 Å². The van der Waals surface area contributed by atoms with E-state index in [9.17, 15) is 14.7 Å². The Hall–Kier alpha value is -5.26. The van der Waals surface area contributed by atoms with Crippen molar-refractivity contribution in [2.75, 3.05) is 48.5 Å². The number of benzene rings is 4. The monoisotopic (exact) mass is 764 g/mol. The number of carboxylic acids is 1. The number of carbonyl (C=O) groups excluding carboxylic acids is 2. The molecule has 0 spiro atoms. The molecule has 4 aliphatic rings. The van der Waals surface area contributed by atoms with E-state index in [2.05, 4.69) is 25.9 Å². The van der Waals surface area contributed by atoms with Crippen molar-refractivity contribution < 1.29 is 47.6 Å². The zero-order chi connectivity index (χ0) is 39.7. The number of methoxy groups -OCH3 is 3. The minimum Gasteiger partial charge on any atom is -0.544 e. The lowest BCUT2D eigenvalue weighted by Gasteiger charge is -2.51. The minimum atomic E-state index is -1.04. The third kappa shape index (κ3) is 7.37. The number of aliphatic carboxylic acids is 1. The molecule has 0 N–H and O–H groups in total. The number of rotatable bonds is 9. The summed E-state index contributed by atoms with van der Waals surface area (Å²) in [6.45, 7) is 4.81. The Morgan fingerprint density at radius 3 is 2.25 bits per heavy atom. The highest BCUT2D eigenvalue weighted by atomic mass is 16.6. The molecule has 56 heavy (non-hydrogen) atoms. The van der Waals surface area contributed by atoms with Crippen LogP contribution < -0.4 is 33.5 Å². The lowest BCUT2D eigenvalue weighted by atomic mass is 9.84. The van der Waals surface area contributed by atoms with Crippen molar-refractivity contribution in [3.8, 4) is 46.0 Å². The van der Waals surface area contributed by atoms with Crippen molar-refractivity contribution in [3.63, 3.8) is 0 Å². The van der Waals surface area contributed by atoms with Gasteiger partial charge >= 0.3 is 5.97 Å². The van der Waals surface area contributed by atoms with Crippen LogP contribution in [0.25, 0.3) is 0 Å². The molecule has 4 unspecified atom stereocenters. The Bertz CT molecular complexity index is 2120. The molecule has 0 amide bonds. The Morgan fingerprint density at radius 1 is 0.875 bits per heavy atom. The van der Waals surface area contributed by atoms with E-state index in [0.717, 1.165) is 52.8 Å². The second-order valence-corrected chi connectivity index (χ2v) is 15.4. The predicted octanol–water partition coefficient (Wildman–Crippen LogP) is 6.90. The number of nitrogens with zero attached hydrogens (tertiary/aromatic N) is 2. The molecular formula is C45H52N2O9. The summed E-state index contributed by atoms with van der Waals surface area (Å²) < 4.78 is 37.4. The largest absolute Gasteiger partial charge is 0.544 e. The maximum Gasteiger partial charge on any atom is 0.308 e. The molecule has 8 rings (SSSR count). The summed E-state index contributed by atoms with van der Waals surface area (Å²) in [5.74, 6) is 2.15. The first-order chi connectivity index (χ1) is 27.0. The molecule has 4 atom stereocenters. The lowest BCUT2D eigenvalue weighted by Crippen LogP contribution is -2.63. The van der Waals surface area contributed by atoms with Gasteiger partial charge in [0.05, 0.1) is 40.9 Å². The van der Waals surface area contributed by atoms with Crippen LogP contribution in [-0.4, -0.2) is 75.9 Å². The average Bonchev–Trinajstić information content (AvgIpc) is 3.18. The molecule has 0 aromatic heterocycles. The van der Waals surface area contributed by atoms with Crippen molar-refractivity contribution in [3.05, 3.63) is 94.0 Å². The van der Waals surface area contributed by atoms with Gasteiger partial charge in [0.15, 0.2) is 34.5 Å². The number of carboxylic acid groups (broad SMARTS) is 1. The van der Waals surface area contributed by atoms with Gasteiger partial charge in [-0.05, 0) is 91.0 Å². The van der Waals surface area contributed by atoms with Crippen LogP contribution in [0.3, 0.4) is 0 Å². The normalized spacial score (nSPS) is 20.6. The smallest absolute Gasteiger partial charge is 0.308 e. The quantitative estimate of drug-likeness (QED) is 0.101. The van der Waals surface area contributed by atoms with E-state index < -0.39 is 18.0 Å². The van der Waals surface area contributed by atoms with Gasteiger partial charge in [0.25, 0.3) is 0 Å². The molecule has 11 heteroatoms. The van der Waals surface area contributed by atoms with E-state index in [1.54, 1.807) is 21.3 Å². The first-order valence-electron chi connectivity index (χ1n) is 19.5. The van der Waals surface area contributed by atoms with Gasteiger partial charge in [-0.15, -0.1) is 0 Å². The maximum atomic E-state index is 13.0. The molecule has 4 heterocycles. The third-order valence-electron chi connectivity index (χ3n) is 12.0. The summed E-state index contributed by atoms with van der Waals surface area (Å²) >= 11 is 0. The second kappa shape index (κ2) is 16.1. The van der Waals surface area contributed by atoms with Gasteiger partial charge in [-0.25, -0.2) is 0 Å². The highest BCUT2D eigenvalue weighted by Crippen LogP contribution is 2.53. The minimum absolute atomic E-state index is 0.181. The van der Waals surface area contributed by atoms with Crippen molar-refractivity contribution in [2.24, 2.45) is 0 Å². The third-order valence-corrected chi connectivity index (χ3v) is 12.0. The molecule has 4 aromatic carbocycles. The van der Waals surface area contributed by atoms with Crippen LogP contribution in [0, 0.1) is 0 Å². The van der Waals surface area contributed by atoms with Gasteiger partial charge in [-0.2, -0.15) is 0 Å². The van der Waals surface area contributed by atoms with Crippen LogP contribution in [-0.2, 0) is 35.3 Å². The van der Waals surface area contributed by atoms with E-state index in [-0.39, 0.29) is 22.3 Å². The highest BCUT2D eigenvalue weighted by Gasteiger charge is 2.46. The number of esters is 1. The molecule has 4 aliphatic heterocycles. The number of hydrogen-bond donors (Lipinski definition) is 0. The molecule has 11 nitrogen and oxygen atoms in total. The molecule has 0 fully saturated rings. The van der Waals surface area contributed by atoms with E-state index >= 15 is 0 Å². The second-order valence-electron chi connectivity index (χ2n) is 15.4. The fourth-order valence-electron chi connectivity index (χ4n) is 8.94. The van der Waals surface area contributed by atoms with Gasteiger partial charge in [-0.3, -0.25) is 9.69 Å². The molecule has 6 bridgehead atoms. The molecule has 0 saturated heterocycles. The Balaban J connectivity index is 1.50. The number of carbonyl (C=O) groups is 2. The molecule has 0 radical (unpaired) electrons. The van der Waals surface area contributed by atoms with E-state index in [0.29, 0.717) is 78.9 Å². The lowest BCUT2D eigenvalue weighted by molar-refractivity contribution is -0.958. The van der Waals surface area contributed by atoms with Crippen LogP contribution in [0.1, 0.15) is 78.6 Å². The number of hydrogen-bond acceptors (Lipinski definition) is 10. The number of quaternary nitrogens is 1. The van der Waals surface area contributed by atoms with Crippen LogP contribution in [0.2, 0.25) is 0 Å². The van der Waals surface area contributed by atoms with Gasteiger partial charge in [0, 0.05) is 49.9 Å². The summed E-state index contributed by atoms with van der Waals surface area (Å²) in [5.41, 5.74) is 5.96. The van der Waals surface area contributed by atoms with Crippen LogP contribution in [0.5, 0.6) is 46.0 Å². The maximum absolute atomic E-state index is 13.0. The van der Waals surface area contributed by atoms with Crippen molar-refractivity contribution in [1.82, 2.24) is 4.90 Å². The van der Waals surface area contributed by atoms with Gasteiger partial charge in [0.1, 0.15) is 17.8 Å². The zero-order valence-corrected chi connectivity index (χ0v) is 33.4. The zero-order valence-electron chi connectivity index (χ0n) is 33.4. The fourth-order valence-corrected chi connectivity index (χ4v) is 8.94. The summed E-state index contributed by atoms with van der Waals surface area (Å²) in [7, 11) is 8.92. The number of unbranched alkanes of at least 4 members (excludes halogenated alkanes) is 1. The SMILES string of the molecule is CCCCC(C(=O)[O-])[N+]1(C)CCc2cc(OC)c3cc2C1Cc1ccc(cc1)Oc1cc(ccc1OC)CC1c2c(cc(OC)c(OC(C)=O)c2O3)CCN1C. The Morgan fingerprint density at radius 2 is 1.57 bits per heavy atom. The van der Waals surface area contributed by atoms with E-state index in [4.69, 9.17) is 28.4 Å². The van der Waals surface area contributed by atoms with Crippen LogP contribution in [0.15, 0.2) is 60.7 Å². The Labute approximate surface area is 329 Å². The first-order valence-corrected chi connectivity index (χ1v) is 19.5. The number of fused-ring (bicyclic) bond motifs is 2. The average molecular weight is 765 g/mol. The molecule has 4 aromatic rings. The molecule has 0 saturated carbocycles. The highest BCUT2D eigenvalue weighted by molar-refractivity contribution is 5.74. The summed E-state index contributed by atoms with van der Waals surface area (Å²) in [4.78, 5) is 28.1. The molecule has 0 aliphatic carbocycles. The topological polar surface area (TPSA) is 116 Å². The van der Waals surface area contributed by atoms with Crippen molar-refractivity contribution in [1.29, 1.82) is 0 Å². The number of ether oxygens (including phenoxy) is 6. The fraction of sp³-hybridized carbons (Fsp3) is 0.422. The van der Waals surface area contributed by atoms with Crippen molar-refractivity contribution in [2.45, 2.75) is 76.9 Å².